The molecule has 0 bridgehead atoms. The first-order valence-corrected chi connectivity index (χ1v) is 12.0. The Morgan fingerprint density at radius 1 is 1.21 bits per heavy atom. The van der Waals surface area contributed by atoms with E-state index in [2.05, 4.69) is 31.8 Å². The van der Waals surface area contributed by atoms with Crippen LogP contribution in [0.2, 0.25) is 0 Å². The molecule has 5 atom stereocenters. The third-order valence-electron chi connectivity index (χ3n) is 6.93. The van der Waals surface area contributed by atoms with Crippen LogP contribution in [-0.4, -0.2) is 39.5 Å². The van der Waals surface area contributed by atoms with E-state index in [1.54, 1.807) is 23.0 Å². The van der Waals surface area contributed by atoms with Crippen LogP contribution in [0.15, 0.2) is 42.4 Å². The van der Waals surface area contributed by atoms with Crippen LogP contribution >= 0.6 is 0 Å². The molecule has 0 fully saturated rings. The van der Waals surface area contributed by atoms with Gasteiger partial charge in [-0.2, -0.15) is 0 Å². The molecule has 0 saturated carbocycles. The molecule has 1 aromatic rings. The average Bonchev–Trinajstić information content (AvgIpc) is 3.18. The van der Waals surface area contributed by atoms with E-state index in [1.165, 1.54) is 24.6 Å². The van der Waals surface area contributed by atoms with E-state index in [4.69, 9.17) is 9.47 Å². The number of nitrogens with zero attached hydrogens (tertiary/aromatic N) is 2. The highest BCUT2D eigenvalue weighted by atomic mass is 16.5. The standard InChI is InChI=1S/C27H36N2O5/c1-17(2)22-11-9-18(3)23-13-21(34-27(32)12-10-20-15-29(5)16-28-20)7-6-8-25(31)26(14-24(22)23)33-19(4)30/h6,8-10,12,15-17,21-24,26H,7,11,13-14H2,1-5H3/b8-6-,12-10+/t21-,22-,23+,24-,26-/m1/s1. The summed E-state index contributed by atoms with van der Waals surface area (Å²) in [6.07, 6.45) is 13.3. The zero-order valence-electron chi connectivity index (χ0n) is 20.8. The molecule has 3 rings (SSSR count). The number of carbonyl (C=O) groups excluding carboxylic acids is 3. The molecule has 7 heteroatoms. The molecule has 1 aromatic heterocycles. The number of aryl methyl sites for hydroxylation is 1. The summed E-state index contributed by atoms with van der Waals surface area (Å²) in [5.41, 5.74) is 1.92. The van der Waals surface area contributed by atoms with Gasteiger partial charge in [-0.05, 0) is 62.0 Å². The van der Waals surface area contributed by atoms with Gasteiger partial charge in [0.25, 0.3) is 0 Å². The normalized spacial score (nSPS) is 28.8. The van der Waals surface area contributed by atoms with Crippen molar-refractivity contribution in [3.05, 3.63) is 48.1 Å². The van der Waals surface area contributed by atoms with E-state index >= 15 is 0 Å². The summed E-state index contributed by atoms with van der Waals surface area (Å²) in [6, 6.07) is 0. The van der Waals surface area contributed by atoms with Crippen molar-refractivity contribution >= 4 is 23.8 Å². The molecule has 0 radical (unpaired) electrons. The van der Waals surface area contributed by atoms with E-state index in [0.29, 0.717) is 36.8 Å². The van der Waals surface area contributed by atoms with Gasteiger partial charge in [0.2, 0.25) is 0 Å². The Morgan fingerprint density at radius 2 is 1.97 bits per heavy atom. The van der Waals surface area contributed by atoms with Gasteiger partial charge in [-0.15, -0.1) is 0 Å². The summed E-state index contributed by atoms with van der Waals surface area (Å²) in [7, 11) is 1.86. The minimum atomic E-state index is -0.784. The van der Waals surface area contributed by atoms with Crippen molar-refractivity contribution in [2.45, 2.75) is 65.6 Å². The molecule has 34 heavy (non-hydrogen) atoms. The van der Waals surface area contributed by atoms with Crippen LogP contribution in [0, 0.1) is 23.7 Å². The van der Waals surface area contributed by atoms with Crippen molar-refractivity contribution in [3.63, 3.8) is 0 Å². The van der Waals surface area contributed by atoms with Crippen molar-refractivity contribution in [1.82, 2.24) is 9.55 Å². The molecule has 2 aliphatic carbocycles. The fourth-order valence-electron chi connectivity index (χ4n) is 5.22. The van der Waals surface area contributed by atoms with Gasteiger partial charge in [-0.25, -0.2) is 9.78 Å². The van der Waals surface area contributed by atoms with Gasteiger partial charge in [0, 0.05) is 32.7 Å². The second-order valence-corrected chi connectivity index (χ2v) is 9.83. The van der Waals surface area contributed by atoms with E-state index in [1.807, 2.05) is 13.2 Å². The molecule has 1 heterocycles. The van der Waals surface area contributed by atoms with Gasteiger partial charge in [-0.1, -0.05) is 31.6 Å². The number of fused-ring (bicyclic) bond motifs is 1. The van der Waals surface area contributed by atoms with Crippen LogP contribution < -0.4 is 0 Å². The molecular weight excluding hydrogens is 432 g/mol. The van der Waals surface area contributed by atoms with Gasteiger partial charge in [-0.3, -0.25) is 9.59 Å². The van der Waals surface area contributed by atoms with Gasteiger partial charge in [0.05, 0.1) is 12.0 Å². The Morgan fingerprint density at radius 3 is 2.62 bits per heavy atom. The lowest BCUT2D eigenvalue weighted by atomic mass is 9.64. The number of aromatic nitrogens is 2. The third kappa shape index (κ3) is 6.78. The molecule has 7 nitrogen and oxygen atoms in total. The largest absolute Gasteiger partial charge is 0.459 e. The zero-order chi connectivity index (χ0) is 24.8. The summed E-state index contributed by atoms with van der Waals surface area (Å²) < 4.78 is 13.1. The predicted octanol–water partition coefficient (Wildman–Crippen LogP) is 4.44. The maximum atomic E-state index is 12.9. The number of imidazole rings is 1. The maximum Gasteiger partial charge on any atom is 0.331 e. The topological polar surface area (TPSA) is 87.5 Å². The van der Waals surface area contributed by atoms with Crippen LogP contribution in [0.5, 0.6) is 0 Å². The number of carbonyl (C=O) groups is 3. The van der Waals surface area contributed by atoms with E-state index in [-0.39, 0.29) is 23.7 Å². The van der Waals surface area contributed by atoms with Crippen molar-refractivity contribution in [2.24, 2.45) is 30.7 Å². The third-order valence-corrected chi connectivity index (χ3v) is 6.93. The SMILES string of the molecule is CC(=O)O[C@@H]1C[C@@H]2[C@@H](C(C)C)CC=C(C)[C@@H]2C[C@H](OC(=O)/C=C/c2cn(C)cn2)C/C=C\C1=O. The van der Waals surface area contributed by atoms with E-state index in [0.717, 1.165) is 6.42 Å². The molecule has 0 saturated heterocycles. The molecular formula is C27H36N2O5. The second-order valence-electron chi connectivity index (χ2n) is 9.83. The van der Waals surface area contributed by atoms with Crippen molar-refractivity contribution in [3.8, 4) is 0 Å². The van der Waals surface area contributed by atoms with Crippen molar-refractivity contribution in [2.75, 3.05) is 0 Å². The molecule has 0 unspecified atom stereocenters. The van der Waals surface area contributed by atoms with Crippen molar-refractivity contribution in [1.29, 1.82) is 0 Å². The van der Waals surface area contributed by atoms with Gasteiger partial charge in [0.15, 0.2) is 11.9 Å². The maximum absolute atomic E-state index is 12.9. The summed E-state index contributed by atoms with van der Waals surface area (Å²) >= 11 is 0. The van der Waals surface area contributed by atoms with Crippen LogP contribution in [-0.2, 0) is 30.9 Å². The van der Waals surface area contributed by atoms with Crippen LogP contribution in [0.4, 0.5) is 0 Å². The Kier molecular flexibility index (Phi) is 8.64. The lowest BCUT2D eigenvalue weighted by Crippen LogP contribution is -2.39. The quantitative estimate of drug-likeness (QED) is 0.361. The van der Waals surface area contributed by atoms with Gasteiger partial charge >= 0.3 is 11.9 Å². The zero-order valence-corrected chi connectivity index (χ0v) is 20.8. The second kappa shape index (κ2) is 11.4. The summed E-state index contributed by atoms with van der Waals surface area (Å²) in [4.78, 5) is 41.4. The Bertz CT molecular complexity index is 987. The first-order chi connectivity index (χ1) is 16.1. The minimum Gasteiger partial charge on any atom is -0.459 e. The molecule has 0 aliphatic heterocycles. The van der Waals surface area contributed by atoms with E-state index in [9.17, 15) is 14.4 Å². The smallest absolute Gasteiger partial charge is 0.331 e. The molecule has 0 spiro atoms. The molecule has 0 aromatic carbocycles. The summed E-state index contributed by atoms with van der Waals surface area (Å²) in [6.45, 7) is 7.83. The predicted molar refractivity (Wildman–Crippen MR) is 129 cm³/mol. The molecule has 184 valence electrons. The fraction of sp³-hybridized carbons (Fsp3) is 0.556. The highest BCUT2D eigenvalue weighted by Crippen LogP contribution is 2.44. The first kappa shape index (κ1) is 25.7. The highest BCUT2D eigenvalue weighted by molar-refractivity contribution is 5.94. The first-order valence-electron chi connectivity index (χ1n) is 12.0. The lowest BCUT2D eigenvalue weighted by Gasteiger charge is -2.42. The number of hydrogen-bond acceptors (Lipinski definition) is 6. The van der Waals surface area contributed by atoms with Crippen molar-refractivity contribution < 1.29 is 23.9 Å². The van der Waals surface area contributed by atoms with E-state index < -0.39 is 18.0 Å². The minimum absolute atomic E-state index is 0.135. The molecule has 2 aliphatic rings. The van der Waals surface area contributed by atoms with Gasteiger partial charge in [0.1, 0.15) is 6.10 Å². The highest BCUT2D eigenvalue weighted by Gasteiger charge is 2.40. The average molecular weight is 469 g/mol. The number of rotatable bonds is 5. The number of esters is 2. The van der Waals surface area contributed by atoms with Crippen LogP contribution in [0.1, 0.15) is 59.1 Å². The lowest BCUT2D eigenvalue weighted by molar-refractivity contribution is -0.153. The fourth-order valence-corrected chi connectivity index (χ4v) is 5.22. The Balaban J connectivity index is 1.85. The van der Waals surface area contributed by atoms with Crippen LogP contribution in [0.3, 0.4) is 0 Å². The number of allylic oxidation sites excluding steroid dienone is 2. The number of ether oxygens (including phenoxy) is 2. The number of ketones is 1. The monoisotopic (exact) mass is 468 g/mol. The van der Waals surface area contributed by atoms with Gasteiger partial charge < -0.3 is 14.0 Å². The molecule has 0 N–H and O–H groups in total. The Labute approximate surface area is 201 Å². The Hall–Kier alpha value is -2.96. The van der Waals surface area contributed by atoms with Crippen LogP contribution in [0.25, 0.3) is 6.08 Å². The molecule has 0 amide bonds. The number of hydrogen-bond donors (Lipinski definition) is 0. The summed E-state index contributed by atoms with van der Waals surface area (Å²) in [5, 5.41) is 0. The summed E-state index contributed by atoms with van der Waals surface area (Å²) in [5.74, 6) is -0.0541.